The molecule has 84 valence electrons. The number of fused-ring (bicyclic) bond motifs is 1. The van der Waals surface area contributed by atoms with E-state index in [0.717, 1.165) is 22.5 Å². The third-order valence-corrected chi connectivity index (χ3v) is 2.63. The summed E-state index contributed by atoms with van der Waals surface area (Å²) in [5, 5.41) is 8.55. The standard InChI is InChI=1S/C13H11N3O/c1-17-12-6-4-10(5-7-12)13-9-11-3-2-8-14-16(11)15-13/h2-9H,1H3. The first-order valence-corrected chi connectivity index (χ1v) is 5.32. The first kappa shape index (κ1) is 9.84. The largest absolute Gasteiger partial charge is 0.497 e. The predicted octanol–water partition coefficient (Wildman–Crippen LogP) is 2.40. The molecule has 0 unspecified atom stereocenters. The second-order valence-corrected chi connectivity index (χ2v) is 3.70. The molecule has 1 aromatic carbocycles. The van der Waals surface area contributed by atoms with Crippen LogP contribution in [0.4, 0.5) is 0 Å². The summed E-state index contributed by atoms with van der Waals surface area (Å²) in [7, 11) is 1.66. The molecule has 0 aliphatic heterocycles. The molecule has 0 aliphatic rings. The van der Waals surface area contributed by atoms with Crippen LogP contribution < -0.4 is 4.74 Å². The quantitative estimate of drug-likeness (QED) is 0.672. The van der Waals surface area contributed by atoms with Gasteiger partial charge in [-0.3, -0.25) is 0 Å². The van der Waals surface area contributed by atoms with Gasteiger partial charge < -0.3 is 4.74 Å². The van der Waals surface area contributed by atoms with Gasteiger partial charge in [0, 0.05) is 11.8 Å². The van der Waals surface area contributed by atoms with Gasteiger partial charge in [0.15, 0.2) is 0 Å². The number of hydrogen-bond donors (Lipinski definition) is 0. The van der Waals surface area contributed by atoms with Gasteiger partial charge >= 0.3 is 0 Å². The normalized spacial score (nSPS) is 10.6. The summed E-state index contributed by atoms with van der Waals surface area (Å²) >= 11 is 0. The molecule has 2 heterocycles. The van der Waals surface area contributed by atoms with E-state index in [2.05, 4.69) is 10.2 Å². The van der Waals surface area contributed by atoms with Crippen LogP contribution in [0.15, 0.2) is 48.7 Å². The maximum atomic E-state index is 5.13. The van der Waals surface area contributed by atoms with E-state index in [1.54, 1.807) is 17.9 Å². The Morgan fingerprint density at radius 1 is 1.12 bits per heavy atom. The van der Waals surface area contributed by atoms with Crippen LogP contribution in [0.2, 0.25) is 0 Å². The molecule has 0 bridgehead atoms. The van der Waals surface area contributed by atoms with Crippen molar-refractivity contribution in [2.75, 3.05) is 7.11 Å². The number of rotatable bonds is 2. The zero-order valence-corrected chi connectivity index (χ0v) is 9.37. The number of hydrogen-bond acceptors (Lipinski definition) is 3. The molecule has 4 nitrogen and oxygen atoms in total. The molecule has 0 radical (unpaired) electrons. The number of nitrogens with zero attached hydrogens (tertiary/aromatic N) is 3. The van der Waals surface area contributed by atoms with Crippen LogP contribution >= 0.6 is 0 Å². The number of aromatic nitrogens is 3. The highest BCUT2D eigenvalue weighted by Crippen LogP contribution is 2.21. The molecule has 17 heavy (non-hydrogen) atoms. The molecule has 4 heteroatoms. The summed E-state index contributed by atoms with van der Waals surface area (Å²) in [5.41, 5.74) is 2.95. The van der Waals surface area contributed by atoms with Crippen molar-refractivity contribution in [1.82, 2.24) is 14.8 Å². The summed E-state index contributed by atoms with van der Waals surface area (Å²) in [6.45, 7) is 0. The predicted molar refractivity (Wildman–Crippen MR) is 65.0 cm³/mol. The summed E-state index contributed by atoms with van der Waals surface area (Å²) in [6, 6.07) is 13.7. The second-order valence-electron chi connectivity index (χ2n) is 3.70. The van der Waals surface area contributed by atoms with E-state index in [-0.39, 0.29) is 0 Å². The van der Waals surface area contributed by atoms with E-state index in [1.165, 1.54) is 0 Å². The molecule has 3 aromatic rings. The Kier molecular flexibility index (Phi) is 2.26. The summed E-state index contributed by atoms with van der Waals surface area (Å²) in [5.74, 6) is 0.843. The zero-order valence-electron chi connectivity index (χ0n) is 9.37. The van der Waals surface area contributed by atoms with Gasteiger partial charge in [-0.25, -0.2) is 0 Å². The fourth-order valence-corrected chi connectivity index (χ4v) is 1.74. The smallest absolute Gasteiger partial charge is 0.118 e. The average Bonchev–Trinajstić information content (AvgIpc) is 2.82. The van der Waals surface area contributed by atoms with Crippen LogP contribution in [0.1, 0.15) is 0 Å². The maximum Gasteiger partial charge on any atom is 0.118 e. The van der Waals surface area contributed by atoms with Crippen LogP contribution in [-0.2, 0) is 0 Å². The molecular formula is C13H11N3O. The summed E-state index contributed by atoms with van der Waals surface area (Å²) < 4.78 is 6.75. The van der Waals surface area contributed by atoms with Gasteiger partial charge in [0.25, 0.3) is 0 Å². The monoisotopic (exact) mass is 225 g/mol. The van der Waals surface area contributed by atoms with E-state index in [4.69, 9.17) is 4.74 Å². The van der Waals surface area contributed by atoms with Gasteiger partial charge in [-0.05, 0) is 42.5 Å². The minimum atomic E-state index is 0.843. The zero-order chi connectivity index (χ0) is 11.7. The van der Waals surface area contributed by atoms with Gasteiger partial charge in [0.05, 0.1) is 18.3 Å². The van der Waals surface area contributed by atoms with Crippen molar-refractivity contribution in [2.45, 2.75) is 0 Å². The fourth-order valence-electron chi connectivity index (χ4n) is 1.74. The van der Waals surface area contributed by atoms with Crippen molar-refractivity contribution in [1.29, 1.82) is 0 Å². The molecule has 2 aromatic heterocycles. The van der Waals surface area contributed by atoms with Crippen LogP contribution in [0.5, 0.6) is 5.75 Å². The number of ether oxygens (including phenoxy) is 1. The fraction of sp³-hybridized carbons (Fsp3) is 0.0769. The molecule has 3 rings (SSSR count). The van der Waals surface area contributed by atoms with E-state index in [0.29, 0.717) is 0 Å². The van der Waals surface area contributed by atoms with Gasteiger partial charge in [-0.15, -0.1) is 5.10 Å². The first-order chi connectivity index (χ1) is 8.36. The van der Waals surface area contributed by atoms with Gasteiger partial charge in [0.2, 0.25) is 0 Å². The van der Waals surface area contributed by atoms with Gasteiger partial charge in [-0.2, -0.15) is 9.73 Å². The van der Waals surface area contributed by atoms with E-state index < -0.39 is 0 Å². The maximum absolute atomic E-state index is 5.13. The molecule has 0 N–H and O–H groups in total. The van der Waals surface area contributed by atoms with Crippen molar-refractivity contribution in [3.05, 3.63) is 48.7 Å². The van der Waals surface area contributed by atoms with E-state index >= 15 is 0 Å². The average molecular weight is 225 g/mol. The Hall–Kier alpha value is -2.36. The molecule has 0 atom stereocenters. The number of methoxy groups -OCH3 is 1. The van der Waals surface area contributed by atoms with Crippen LogP contribution in [0, 0.1) is 0 Å². The lowest BCUT2D eigenvalue weighted by Gasteiger charge is -1.99. The van der Waals surface area contributed by atoms with Crippen molar-refractivity contribution >= 4 is 5.52 Å². The van der Waals surface area contributed by atoms with E-state index in [9.17, 15) is 0 Å². The lowest BCUT2D eigenvalue weighted by atomic mass is 10.1. The summed E-state index contributed by atoms with van der Waals surface area (Å²) in [4.78, 5) is 0. The lowest BCUT2D eigenvalue weighted by Crippen LogP contribution is -1.91. The Bertz CT molecular complexity index is 610. The van der Waals surface area contributed by atoms with Crippen LogP contribution in [-0.4, -0.2) is 21.9 Å². The highest BCUT2D eigenvalue weighted by Gasteiger charge is 2.04. The van der Waals surface area contributed by atoms with Crippen molar-refractivity contribution in [3.8, 4) is 17.0 Å². The lowest BCUT2D eigenvalue weighted by molar-refractivity contribution is 0.415. The summed E-state index contributed by atoms with van der Waals surface area (Å²) in [6.07, 6.45) is 1.72. The van der Waals surface area contributed by atoms with Crippen molar-refractivity contribution < 1.29 is 4.74 Å². The molecule has 0 amide bonds. The van der Waals surface area contributed by atoms with Crippen molar-refractivity contribution in [2.24, 2.45) is 0 Å². The highest BCUT2D eigenvalue weighted by atomic mass is 16.5. The van der Waals surface area contributed by atoms with E-state index in [1.807, 2.05) is 42.5 Å². The highest BCUT2D eigenvalue weighted by molar-refractivity contribution is 5.65. The third-order valence-electron chi connectivity index (χ3n) is 2.63. The third kappa shape index (κ3) is 1.73. The number of benzene rings is 1. The first-order valence-electron chi connectivity index (χ1n) is 5.32. The Labute approximate surface area is 98.5 Å². The minimum absolute atomic E-state index is 0.843. The Balaban J connectivity index is 2.07. The molecule has 0 saturated carbocycles. The topological polar surface area (TPSA) is 39.4 Å². The molecule has 0 aliphatic carbocycles. The Morgan fingerprint density at radius 3 is 2.65 bits per heavy atom. The SMILES string of the molecule is COc1ccc(-c2cc3cccnn3n2)cc1. The van der Waals surface area contributed by atoms with Gasteiger partial charge in [0.1, 0.15) is 5.75 Å². The Morgan fingerprint density at radius 2 is 1.94 bits per heavy atom. The minimum Gasteiger partial charge on any atom is -0.497 e. The van der Waals surface area contributed by atoms with Crippen molar-refractivity contribution in [3.63, 3.8) is 0 Å². The van der Waals surface area contributed by atoms with Gasteiger partial charge in [-0.1, -0.05) is 0 Å². The molecular weight excluding hydrogens is 214 g/mol. The van der Waals surface area contributed by atoms with Crippen LogP contribution in [0.3, 0.4) is 0 Å². The second kappa shape index (κ2) is 3.90. The molecule has 0 fully saturated rings. The van der Waals surface area contributed by atoms with Crippen LogP contribution in [0.25, 0.3) is 16.8 Å². The molecule has 0 spiro atoms. The molecule has 0 saturated heterocycles.